The van der Waals surface area contributed by atoms with Gasteiger partial charge in [-0.1, -0.05) is 24.4 Å². The topological polar surface area (TPSA) is 83.7 Å². The number of nitrogens with one attached hydrogen (secondary N) is 1. The minimum atomic E-state index is -0.617. The largest absolute Gasteiger partial charge is 0.497 e. The summed E-state index contributed by atoms with van der Waals surface area (Å²) in [7, 11) is 1.56. The number of oxime groups is 1. The minimum Gasteiger partial charge on any atom is -0.497 e. The number of ether oxygens (including phenoxy) is 1. The summed E-state index contributed by atoms with van der Waals surface area (Å²) in [5.41, 5.74) is 0.607. The van der Waals surface area contributed by atoms with E-state index in [1.54, 1.807) is 31.4 Å². The number of hydrogen-bond acceptors (Lipinski definition) is 5. The van der Waals surface area contributed by atoms with Gasteiger partial charge in [0.05, 0.1) is 7.11 Å². The van der Waals surface area contributed by atoms with Gasteiger partial charge in [-0.15, -0.1) is 0 Å². The second kappa shape index (κ2) is 8.03. The average molecular weight is 301 g/mol. The Labute approximate surface area is 129 Å². The Morgan fingerprint density at radius 3 is 2.55 bits per heavy atom. The number of amides is 1. The van der Waals surface area contributed by atoms with Crippen molar-refractivity contribution in [3.63, 3.8) is 0 Å². The van der Waals surface area contributed by atoms with Gasteiger partial charge in [0.1, 0.15) is 11.8 Å². The van der Waals surface area contributed by atoms with Gasteiger partial charge < -0.3 is 10.1 Å². The highest BCUT2D eigenvalue weighted by Crippen LogP contribution is 2.17. The van der Waals surface area contributed by atoms with Crippen molar-refractivity contribution >= 4 is 11.8 Å². The second-order valence-electron chi connectivity index (χ2n) is 5.14. The second-order valence-corrected chi connectivity index (χ2v) is 5.14. The van der Waals surface area contributed by atoms with Crippen LogP contribution in [0.25, 0.3) is 0 Å². The zero-order chi connectivity index (χ0) is 15.8. The van der Waals surface area contributed by atoms with E-state index in [1.165, 1.54) is 6.42 Å². The third-order valence-corrected chi connectivity index (χ3v) is 3.62. The van der Waals surface area contributed by atoms with E-state index >= 15 is 0 Å². The maximum absolute atomic E-state index is 11.7. The molecule has 1 N–H and O–H groups in total. The molecular weight excluding hydrogens is 282 g/mol. The van der Waals surface area contributed by atoms with Gasteiger partial charge in [-0.05, 0) is 37.1 Å². The molecule has 116 valence electrons. The lowest BCUT2D eigenvalue weighted by atomic mass is 9.96. The standard InChI is InChI=1S/C16H19N3O3/c1-21-14-9-7-12(8-10-14)15(11-17)19-22-16(20)18-13-5-3-2-4-6-13/h7-10,13H,2-6H2,1H3,(H,18,20). The molecule has 0 heterocycles. The lowest BCUT2D eigenvalue weighted by Crippen LogP contribution is -2.35. The van der Waals surface area contributed by atoms with Gasteiger partial charge in [-0.3, -0.25) is 4.84 Å². The van der Waals surface area contributed by atoms with Crippen molar-refractivity contribution in [2.24, 2.45) is 5.16 Å². The first-order chi connectivity index (χ1) is 10.7. The van der Waals surface area contributed by atoms with E-state index in [1.807, 2.05) is 6.07 Å². The molecule has 2 rings (SSSR count). The first-order valence-electron chi connectivity index (χ1n) is 7.33. The molecule has 1 aromatic rings. The van der Waals surface area contributed by atoms with Crippen molar-refractivity contribution < 1.29 is 14.4 Å². The van der Waals surface area contributed by atoms with Crippen molar-refractivity contribution in [3.05, 3.63) is 29.8 Å². The monoisotopic (exact) mass is 301 g/mol. The van der Waals surface area contributed by atoms with Gasteiger partial charge in [-0.25, -0.2) is 4.79 Å². The van der Waals surface area contributed by atoms with Crippen molar-refractivity contribution in [3.8, 4) is 11.8 Å². The van der Waals surface area contributed by atoms with Crippen LogP contribution in [0, 0.1) is 11.3 Å². The first-order valence-corrected chi connectivity index (χ1v) is 7.33. The number of hydrogen-bond donors (Lipinski definition) is 1. The molecule has 0 saturated heterocycles. The van der Waals surface area contributed by atoms with E-state index < -0.39 is 6.09 Å². The highest BCUT2D eigenvalue weighted by atomic mass is 16.7. The normalized spacial score (nSPS) is 15.7. The highest BCUT2D eigenvalue weighted by Gasteiger charge is 2.16. The SMILES string of the molecule is COc1ccc(C(C#N)=NOC(=O)NC2CCCCC2)cc1. The van der Waals surface area contributed by atoms with Crippen LogP contribution in [0.4, 0.5) is 4.79 Å². The molecule has 1 amide bonds. The summed E-state index contributed by atoms with van der Waals surface area (Å²) in [5.74, 6) is 0.678. The lowest BCUT2D eigenvalue weighted by Gasteiger charge is -2.21. The van der Waals surface area contributed by atoms with Crippen molar-refractivity contribution in [2.75, 3.05) is 7.11 Å². The van der Waals surface area contributed by atoms with Gasteiger partial charge in [0.25, 0.3) is 0 Å². The van der Waals surface area contributed by atoms with E-state index in [0.29, 0.717) is 11.3 Å². The number of methoxy groups -OCH3 is 1. The van der Waals surface area contributed by atoms with Crippen molar-refractivity contribution in [2.45, 2.75) is 38.1 Å². The molecule has 1 fully saturated rings. The fourth-order valence-corrected chi connectivity index (χ4v) is 2.41. The van der Waals surface area contributed by atoms with Crippen LogP contribution in [-0.2, 0) is 4.84 Å². The van der Waals surface area contributed by atoms with Crippen molar-refractivity contribution in [1.29, 1.82) is 5.26 Å². The van der Waals surface area contributed by atoms with Gasteiger partial charge in [-0.2, -0.15) is 5.26 Å². The van der Waals surface area contributed by atoms with Crippen LogP contribution in [0.5, 0.6) is 5.75 Å². The zero-order valence-electron chi connectivity index (χ0n) is 12.5. The van der Waals surface area contributed by atoms with Crippen LogP contribution >= 0.6 is 0 Å². The molecule has 1 aliphatic rings. The zero-order valence-corrected chi connectivity index (χ0v) is 12.5. The Morgan fingerprint density at radius 1 is 1.27 bits per heavy atom. The quantitative estimate of drug-likeness (QED) is 0.526. The van der Waals surface area contributed by atoms with E-state index in [4.69, 9.17) is 14.8 Å². The first kappa shape index (κ1) is 15.8. The van der Waals surface area contributed by atoms with E-state index in [-0.39, 0.29) is 11.8 Å². The van der Waals surface area contributed by atoms with Gasteiger partial charge in [0.2, 0.25) is 0 Å². The van der Waals surface area contributed by atoms with Crippen LogP contribution in [0.15, 0.2) is 29.4 Å². The fraction of sp³-hybridized carbons (Fsp3) is 0.438. The molecule has 0 aromatic heterocycles. The molecule has 6 nitrogen and oxygen atoms in total. The average Bonchev–Trinajstić information content (AvgIpc) is 2.57. The summed E-state index contributed by atoms with van der Waals surface area (Å²) in [5, 5.41) is 15.5. The highest BCUT2D eigenvalue weighted by molar-refractivity contribution is 6.11. The van der Waals surface area contributed by atoms with Crippen molar-refractivity contribution in [1.82, 2.24) is 5.32 Å². The third kappa shape index (κ3) is 4.48. The van der Waals surface area contributed by atoms with E-state index in [0.717, 1.165) is 25.7 Å². The van der Waals surface area contributed by atoms with Gasteiger partial charge in [0, 0.05) is 11.6 Å². The summed E-state index contributed by atoms with van der Waals surface area (Å²) >= 11 is 0. The van der Waals surface area contributed by atoms with Crippen LogP contribution in [-0.4, -0.2) is 25.0 Å². The molecular formula is C16H19N3O3. The Bertz CT molecular complexity index is 569. The number of nitrogens with zero attached hydrogens (tertiary/aromatic N) is 2. The minimum absolute atomic E-state index is 0.0430. The summed E-state index contributed by atoms with van der Waals surface area (Å²) in [4.78, 5) is 16.5. The maximum atomic E-state index is 11.7. The molecule has 0 spiro atoms. The molecule has 0 bridgehead atoms. The van der Waals surface area contributed by atoms with Crippen LogP contribution in [0.1, 0.15) is 37.7 Å². The number of carbonyl (C=O) groups is 1. The van der Waals surface area contributed by atoms with Crippen LogP contribution in [0.3, 0.4) is 0 Å². The number of benzene rings is 1. The Kier molecular flexibility index (Phi) is 5.78. The molecule has 22 heavy (non-hydrogen) atoms. The Hall–Kier alpha value is -2.55. The number of carbonyl (C=O) groups excluding carboxylic acids is 1. The molecule has 0 aliphatic heterocycles. The summed E-state index contributed by atoms with van der Waals surface area (Å²) in [6.45, 7) is 0. The molecule has 6 heteroatoms. The number of rotatable bonds is 4. The van der Waals surface area contributed by atoms with Gasteiger partial charge >= 0.3 is 6.09 Å². The number of nitriles is 1. The molecule has 1 aliphatic carbocycles. The van der Waals surface area contributed by atoms with Gasteiger partial charge in [0.15, 0.2) is 5.71 Å². The summed E-state index contributed by atoms with van der Waals surface area (Å²) < 4.78 is 5.05. The summed E-state index contributed by atoms with van der Waals surface area (Å²) in [6, 6.07) is 8.85. The Balaban J connectivity index is 1.93. The smallest absolute Gasteiger partial charge is 0.433 e. The third-order valence-electron chi connectivity index (χ3n) is 3.62. The predicted molar refractivity (Wildman–Crippen MR) is 81.6 cm³/mol. The van der Waals surface area contributed by atoms with E-state index in [2.05, 4.69) is 10.5 Å². The molecule has 1 saturated carbocycles. The van der Waals surface area contributed by atoms with E-state index in [9.17, 15) is 4.79 Å². The lowest BCUT2D eigenvalue weighted by molar-refractivity contribution is 0.144. The fourth-order valence-electron chi connectivity index (χ4n) is 2.41. The Morgan fingerprint density at radius 2 is 1.95 bits per heavy atom. The molecule has 0 atom stereocenters. The maximum Gasteiger partial charge on any atom is 0.433 e. The predicted octanol–water partition coefficient (Wildman–Crippen LogP) is 2.98. The molecule has 0 unspecified atom stereocenters. The van der Waals surface area contributed by atoms with Crippen LogP contribution < -0.4 is 10.1 Å². The summed E-state index contributed by atoms with van der Waals surface area (Å²) in [6.07, 6.45) is 4.74. The molecule has 0 radical (unpaired) electrons. The van der Waals surface area contributed by atoms with Crippen LogP contribution in [0.2, 0.25) is 0 Å². The molecule has 1 aromatic carbocycles.